The summed E-state index contributed by atoms with van der Waals surface area (Å²) in [5.41, 5.74) is 6.91. The SMILES string of the molecule is CN(C)C1=NC(c2ccccc2)N=C(N)C1. The Morgan fingerprint density at radius 1 is 1.19 bits per heavy atom. The summed E-state index contributed by atoms with van der Waals surface area (Å²) in [5, 5.41) is 0. The van der Waals surface area contributed by atoms with Gasteiger partial charge in [-0.05, 0) is 5.56 Å². The summed E-state index contributed by atoms with van der Waals surface area (Å²) in [6.07, 6.45) is 0.448. The van der Waals surface area contributed by atoms with Crippen LogP contribution in [0.4, 0.5) is 0 Å². The first-order chi connectivity index (χ1) is 7.66. The van der Waals surface area contributed by atoms with E-state index >= 15 is 0 Å². The number of amidine groups is 2. The summed E-state index contributed by atoms with van der Waals surface area (Å²) >= 11 is 0. The number of rotatable bonds is 1. The highest BCUT2D eigenvalue weighted by Gasteiger charge is 2.17. The average molecular weight is 216 g/mol. The van der Waals surface area contributed by atoms with Gasteiger partial charge in [0.2, 0.25) is 0 Å². The molecule has 84 valence electrons. The maximum absolute atomic E-state index is 5.83. The molecule has 16 heavy (non-hydrogen) atoms. The summed E-state index contributed by atoms with van der Waals surface area (Å²) in [5.74, 6) is 1.62. The molecule has 0 aromatic heterocycles. The minimum absolute atomic E-state index is 0.188. The van der Waals surface area contributed by atoms with Crippen LogP contribution in [0.3, 0.4) is 0 Å². The summed E-state index contributed by atoms with van der Waals surface area (Å²) in [7, 11) is 3.94. The fraction of sp³-hybridized carbons (Fsp3) is 0.333. The van der Waals surface area contributed by atoms with Gasteiger partial charge < -0.3 is 10.6 Å². The molecule has 0 bridgehead atoms. The van der Waals surface area contributed by atoms with Crippen molar-refractivity contribution in [2.75, 3.05) is 14.1 Å². The van der Waals surface area contributed by atoms with Crippen LogP contribution in [0.5, 0.6) is 0 Å². The number of nitrogens with zero attached hydrogens (tertiary/aromatic N) is 3. The maximum atomic E-state index is 5.83. The van der Waals surface area contributed by atoms with E-state index < -0.39 is 0 Å². The first-order valence-corrected chi connectivity index (χ1v) is 5.28. The van der Waals surface area contributed by atoms with Gasteiger partial charge in [-0.1, -0.05) is 30.3 Å². The molecule has 0 amide bonds. The Bertz CT molecular complexity index is 420. The van der Waals surface area contributed by atoms with Crippen molar-refractivity contribution in [1.29, 1.82) is 0 Å². The van der Waals surface area contributed by atoms with Crippen LogP contribution < -0.4 is 5.73 Å². The maximum Gasteiger partial charge on any atom is 0.169 e. The predicted octanol–water partition coefficient (Wildman–Crippen LogP) is 1.41. The zero-order chi connectivity index (χ0) is 11.5. The van der Waals surface area contributed by atoms with Gasteiger partial charge >= 0.3 is 0 Å². The van der Waals surface area contributed by atoms with E-state index in [2.05, 4.69) is 9.98 Å². The molecule has 1 aliphatic rings. The van der Waals surface area contributed by atoms with Crippen LogP contribution in [0.2, 0.25) is 0 Å². The van der Waals surface area contributed by atoms with Crippen LogP contribution >= 0.6 is 0 Å². The fourth-order valence-corrected chi connectivity index (χ4v) is 1.63. The standard InChI is InChI=1S/C12H16N4/c1-16(2)11-8-10(13)14-12(15-11)9-6-4-3-5-7-9/h3-7,12H,8H2,1-2H3,(H2,13,14). The normalized spacial score (nSPS) is 20.0. The second-order valence-corrected chi connectivity index (χ2v) is 4.02. The van der Waals surface area contributed by atoms with E-state index in [1.165, 1.54) is 0 Å². The first kappa shape index (κ1) is 10.7. The van der Waals surface area contributed by atoms with Crippen molar-refractivity contribution < 1.29 is 0 Å². The molecule has 0 aliphatic carbocycles. The van der Waals surface area contributed by atoms with E-state index in [1.807, 2.05) is 49.3 Å². The molecule has 1 aliphatic heterocycles. The molecule has 0 saturated carbocycles. The van der Waals surface area contributed by atoms with Gasteiger partial charge in [-0.3, -0.25) is 0 Å². The van der Waals surface area contributed by atoms with Crippen molar-refractivity contribution in [2.45, 2.75) is 12.6 Å². The molecule has 0 saturated heterocycles. The van der Waals surface area contributed by atoms with Crippen LogP contribution in [0, 0.1) is 0 Å². The van der Waals surface area contributed by atoms with Gasteiger partial charge in [0.15, 0.2) is 6.17 Å². The number of hydrogen-bond donors (Lipinski definition) is 1. The number of nitrogens with two attached hydrogens (primary N) is 1. The molecule has 1 aromatic rings. The molecular weight excluding hydrogens is 200 g/mol. The fourth-order valence-electron chi connectivity index (χ4n) is 1.63. The molecular formula is C12H16N4. The topological polar surface area (TPSA) is 54.0 Å². The van der Waals surface area contributed by atoms with Crippen LogP contribution in [0.25, 0.3) is 0 Å². The Balaban J connectivity index is 2.30. The quantitative estimate of drug-likeness (QED) is 0.771. The van der Waals surface area contributed by atoms with Crippen molar-refractivity contribution in [1.82, 2.24) is 4.90 Å². The second-order valence-electron chi connectivity index (χ2n) is 4.02. The highest BCUT2D eigenvalue weighted by molar-refractivity contribution is 6.02. The van der Waals surface area contributed by atoms with E-state index in [-0.39, 0.29) is 6.17 Å². The Labute approximate surface area is 95.5 Å². The Morgan fingerprint density at radius 2 is 1.88 bits per heavy atom. The molecule has 2 N–H and O–H groups in total. The third-order valence-electron chi connectivity index (χ3n) is 2.51. The smallest absolute Gasteiger partial charge is 0.169 e. The summed E-state index contributed by atoms with van der Waals surface area (Å²) in [6.45, 7) is 0. The highest BCUT2D eigenvalue weighted by Crippen LogP contribution is 2.22. The molecule has 4 nitrogen and oxygen atoms in total. The lowest BCUT2D eigenvalue weighted by atomic mass is 10.1. The number of benzene rings is 1. The van der Waals surface area contributed by atoms with Crippen LogP contribution in [0.15, 0.2) is 40.3 Å². The lowest BCUT2D eigenvalue weighted by Crippen LogP contribution is -2.31. The van der Waals surface area contributed by atoms with E-state index in [0.29, 0.717) is 12.3 Å². The molecule has 1 heterocycles. The molecule has 2 rings (SSSR count). The van der Waals surface area contributed by atoms with Crippen molar-refractivity contribution >= 4 is 11.7 Å². The lowest BCUT2D eigenvalue weighted by molar-refractivity contribution is 0.590. The number of aliphatic imine (C=N–C) groups is 2. The van der Waals surface area contributed by atoms with Crippen molar-refractivity contribution in [3.8, 4) is 0 Å². The summed E-state index contributed by atoms with van der Waals surface area (Å²) in [4.78, 5) is 10.9. The second kappa shape index (κ2) is 4.35. The van der Waals surface area contributed by atoms with Gasteiger partial charge in [-0.15, -0.1) is 0 Å². The minimum Gasteiger partial charge on any atom is -0.387 e. The lowest BCUT2D eigenvalue weighted by Gasteiger charge is -2.22. The zero-order valence-electron chi connectivity index (χ0n) is 9.59. The molecule has 4 heteroatoms. The number of hydrogen-bond acceptors (Lipinski definition) is 4. The van der Waals surface area contributed by atoms with Crippen molar-refractivity contribution in [3.05, 3.63) is 35.9 Å². The molecule has 0 fully saturated rings. The monoisotopic (exact) mass is 216 g/mol. The highest BCUT2D eigenvalue weighted by atomic mass is 15.2. The Kier molecular flexibility index (Phi) is 2.90. The Hall–Kier alpha value is -1.84. The first-order valence-electron chi connectivity index (χ1n) is 5.28. The van der Waals surface area contributed by atoms with E-state index in [1.54, 1.807) is 0 Å². The van der Waals surface area contributed by atoms with Gasteiger partial charge in [0.1, 0.15) is 11.7 Å². The molecule has 1 atom stereocenters. The third kappa shape index (κ3) is 2.21. The molecule has 1 aromatic carbocycles. The zero-order valence-corrected chi connectivity index (χ0v) is 9.59. The largest absolute Gasteiger partial charge is 0.387 e. The van der Waals surface area contributed by atoms with Gasteiger partial charge in [0.05, 0.1) is 6.42 Å². The van der Waals surface area contributed by atoms with Crippen molar-refractivity contribution in [3.63, 3.8) is 0 Å². The van der Waals surface area contributed by atoms with E-state index in [4.69, 9.17) is 5.73 Å². The summed E-state index contributed by atoms with van der Waals surface area (Å²) < 4.78 is 0. The molecule has 0 radical (unpaired) electrons. The molecule has 1 unspecified atom stereocenters. The predicted molar refractivity (Wildman–Crippen MR) is 66.5 cm³/mol. The van der Waals surface area contributed by atoms with Crippen molar-refractivity contribution in [2.24, 2.45) is 15.7 Å². The molecule has 0 spiro atoms. The van der Waals surface area contributed by atoms with Gasteiger partial charge in [-0.25, -0.2) is 9.98 Å². The van der Waals surface area contributed by atoms with E-state index in [0.717, 1.165) is 11.4 Å². The van der Waals surface area contributed by atoms with Gasteiger partial charge in [-0.2, -0.15) is 0 Å². The minimum atomic E-state index is -0.188. The van der Waals surface area contributed by atoms with E-state index in [9.17, 15) is 0 Å². The average Bonchev–Trinajstić information content (AvgIpc) is 2.29. The summed E-state index contributed by atoms with van der Waals surface area (Å²) in [6, 6.07) is 9.99. The van der Waals surface area contributed by atoms with Gasteiger partial charge in [0.25, 0.3) is 0 Å². The van der Waals surface area contributed by atoms with Crippen LogP contribution in [-0.2, 0) is 0 Å². The van der Waals surface area contributed by atoms with Gasteiger partial charge in [0, 0.05) is 14.1 Å². The third-order valence-corrected chi connectivity index (χ3v) is 2.51. The Morgan fingerprint density at radius 3 is 2.50 bits per heavy atom. The van der Waals surface area contributed by atoms with Crippen LogP contribution in [-0.4, -0.2) is 30.7 Å². The van der Waals surface area contributed by atoms with Crippen LogP contribution in [0.1, 0.15) is 18.2 Å².